The average Bonchev–Trinajstić information content (AvgIpc) is 3.06. The lowest BCUT2D eigenvalue weighted by atomic mass is 9.97. The molecule has 1 N–H and O–H groups in total. The number of hydrogen-bond donors (Lipinski definition) is 1. The Balaban J connectivity index is 2.03. The zero-order valence-electron chi connectivity index (χ0n) is 10.8. The standard InChI is InChI=1S/C16H19NS/c1-2-17-16(12-7-3-4-8-12)14-11-18-15-10-6-5-9-13(14)15/h5-7,9-11,16-17H,2-4,8H2,1H3. The molecule has 1 aromatic carbocycles. The summed E-state index contributed by atoms with van der Waals surface area (Å²) in [5.74, 6) is 0. The molecule has 1 aromatic heterocycles. The van der Waals surface area contributed by atoms with Crippen LogP contribution in [0.15, 0.2) is 41.3 Å². The van der Waals surface area contributed by atoms with E-state index < -0.39 is 0 Å². The third kappa shape index (κ3) is 2.11. The number of allylic oxidation sites excluding steroid dienone is 1. The number of nitrogens with one attached hydrogen (secondary N) is 1. The molecule has 0 fully saturated rings. The highest BCUT2D eigenvalue weighted by Crippen LogP contribution is 2.37. The second-order valence-electron chi connectivity index (χ2n) is 4.85. The van der Waals surface area contributed by atoms with Gasteiger partial charge in [-0.25, -0.2) is 0 Å². The van der Waals surface area contributed by atoms with Crippen molar-refractivity contribution in [3.05, 3.63) is 46.9 Å². The van der Waals surface area contributed by atoms with Crippen molar-refractivity contribution in [1.82, 2.24) is 5.32 Å². The highest BCUT2D eigenvalue weighted by atomic mass is 32.1. The Hall–Kier alpha value is -1.12. The van der Waals surface area contributed by atoms with Crippen LogP contribution in [0, 0.1) is 0 Å². The molecule has 1 aliphatic rings. The van der Waals surface area contributed by atoms with Gasteiger partial charge in [-0.1, -0.05) is 36.8 Å². The number of hydrogen-bond acceptors (Lipinski definition) is 2. The normalized spacial score (nSPS) is 17.1. The molecule has 2 heteroatoms. The molecule has 1 atom stereocenters. The summed E-state index contributed by atoms with van der Waals surface area (Å²) in [6.45, 7) is 3.21. The summed E-state index contributed by atoms with van der Waals surface area (Å²) in [7, 11) is 0. The van der Waals surface area contributed by atoms with Crippen LogP contribution in [-0.2, 0) is 0 Å². The second kappa shape index (κ2) is 5.25. The monoisotopic (exact) mass is 257 g/mol. The molecule has 18 heavy (non-hydrogen) atoms. The quantitative estimate of drug-likeness (QED) is 0.785. The molecule has 0 saturated heterocycles. The Kier molecular flexibility index (Phi) is 3.48. The van der Waals surface area contributed by atoms with Crippen LogP contribution in [0.25, 0.3) is 10.1 Å². The van der Waals surface area contributed by atoms with Crippen LogP contribution in [0.4, 0.5) is 0 Å². The number of thiophene rings is 1. The predicted molar refractivity (Wildman–Crippen MR) is 80.2 cm³/mol. The zero-order valence-corrected chi connectivity index (χ0v) is 11.6. The van der Waals surface area contributed by atoms with Gasteiger partial charge >= 0.3 is 0 Å². The summed E-state index contributed by atoms with van der Waals surface area (Å²) in [5, 5.41) is 7.41. The van der Waals surface area contributed by atoms with Gasteiger partial charge in [0.05, 0.1) is 6.04 Å². The molecule has 1 unspecified atom stereocenters. The van der Waals surface area contributed by atoms with Crippen LogP contribution >= 0.6 is 11.3 Å². The molecule has 1 heterocycles. The molecule has 1 aliphatic carbocycles. The van der Waals surface area contributed by atoms with E-state index in [4.69, 9.17) is 0 Å². The van der Waals surface area contributed by atoms with Gasteiger partial charge < -0.3 is 5.32 Å². The Morgan fingerprint density at radius 2 is 2.22 bits per heavy atom. The largest absolute Gasteiger partial charge is 0.307 e. The molecule has 0 radical (unpaired) electrons. The van der Waals surface area contributed by atoms with Crippen LogP contribution in [0.2, 0.25) is 0 Å². The molecule has 0 spiro atoms. The van der Waals surface area contributed by atoms with E-state index in [9.17, 15) is 0 Å². The summed E-state index contributed by atoms with van der Waals surface area (Å²) in [5.41, 5.74) is 3.05. The van der Waals surface area contributed by atoms with Gasteiger partial charge in [-0.15, -0.1) is 11.3 Å². The molecule has 2 aromatic rings. The zero-order chi connectivity index (χ0) is 12.4. The minimum Gasteiger partial charge on any atom is -0.307 e. The average molecular weight is 257 g/mol. The SMILES string of the molecule is CCNC(C1=CCCC1)c1csc2ccccc12. The van der Waals surface area contributed by atoms with Crippen molar-refractivity contribution in [1.29, 1.82) is 0 Å². The van der Waals surface area contributed by atoms with E-state index >= 15 is 0 Å². The predicted octanol–water partition coefficient (Wildman–Crippen LogP) is 4.66. The molecule has 94 valence electrons. The van der Waals surface area contributed by atoms with E-state index in [0.29, 0.717) is 6.04 Å². The van der Waals surface area contributed by atoms with E-state index in [2.05, 4.69) is 48.0 Å². The number of fused-ring (bicyclic) bond motifs is 1. The Morgan fingerprint density at radius 3 is 3.00 bits per heavy atom. The van der Waals surface area contributed by atoms with Crippen molar-refractivity contribution in [3.8, 4) is 0 Å². The van der Waals surface area contributed by atoms with Crippen LogP contribution in [0.1, 0.15) is 37.8 Å². The van der Waals surface area contributed by atoms with E-state index in [1.807, 2.05) is 11.3 Å². The van der Waals surface area contributed by atoms with E-state index in [1.54, 1.807) is 5.57 Å². The maximum atomic E-state index is 3.66. The summed E-state index contributed by atoms with van der Waals surface area (Å²) >= 11 is 1.86. The molecule has 0 saturated carbocycles. The highest BCUT2D eigenvalue weighted by Gasteiger charge is 2.20. The Morgan fingerprint density at radius 1 is 1.33 bits per heavy atom. The third-order valence-corrected chi connectivity index (χ3v) is 4.66. The second-order valence-corrected chi connectivity index (χ2v) is 5.76. The van der Waals surface area contributed by atoms with E-state index in [0.717, 1.165) is 6.54 Å². The van der Waals surface area contributed by atoms with Crippen LogP contribution in [-0.4, -0.2) is 6.54 Å². The highest BCUT2D eigenvalue weighted by molar-refractivity contribution is 7.17. The van der Waals surface area contributed by atoms with Gasteiger partial charge in [0.2, 0.25) is 0 Å². The van der Waals surface area contributed by atoms with Crippen molar-refractivity contribution < 1.29 is 0 Å². The van der Waals surface area contributed by atoms with Gasteiger partial charge in [-0.3, -0.25) is 0 Å². The van der Waals surface area contributed by atoms with Gasteiger partial charge in [0.1, 0.15) is 0 Å². The van der Waals surface area contributed by atoms with Crippen LogP contribution in [0.3, 0.4) is 0 Å². The maximum absolute atomic E-state index is 3.66. The fourth-order valence-corrected chi connectivity index (χ4v) is 3.81. The van der Waals surface area contributed by atoms with Crippen molar-refractivity contribution >= 4 is 21.4 Å². The van der Waals surface area contributed by atoms with Crippen molar-refractivity contribution in [2.45, 2.75) is 32.2 Å². The number of benzene rings is 1. The van der Waals surface area contributed by atoms with Gasteiger partial charge in [-0.05, 0) is 48.2 Å². The Labute approximate surface area is 113 Å². The van der Waals surface area contributed by atoms with E-state index in [1.165, 1.54) is 34.9 Å². The smallest absolute Gasteiger partial charge is 0.0550 e. The topological polar surface area (TPSA) is 12.0 Å². The molecule has 0 amide bonds. The first-order chi connectivity index (χ1) is 8.90. The minimum atomic E-state index is 0.425. The lowest BCUT2D eigenvalue weighted by molar-refractivity contribution is 0.610. The summed E-state index contributed by atoms with van der Waals surface area (Å²) in [4.78, 5) is 0. The van der Waals surface area contributed by atoms with Crippen LogP contribution < -0.4 is 5.32 Å². The summed E-state index contributed by atoms with van der Waals surface area (Å²) < 4.78 is 1.40. The lowest BCUT2D eigenvalue weighted by Crippen LogP contribution is -2.22. The van der Waals surface area contributed by atoms with Crippen molar-refractivity contribution in [2.24, 2.45) is 0 Å². The number of likely N-dealkylation sites (N-methyl/N-ethyl adjacent to an activating group) is 1. The minimum absolute atomic E-state index is 0.425. The number of rotatable bonds is 4. The molecule has 3 rings (SSSR count). The first kappa shape index (κ1) is 11.9. The Bertz CT molecular complexity index is 567. The molecular formula is C16H19NS. The van der Waals surface area contributed by atoms with Crippen molar-refractivity contribution in [2.75, 3.05) is 6.54 Å². The van der Waals surface area contributed by atoms with Gasteiger partial charge in [0, 0.05) is 4.70 Å². The van der Waals surface area contributed by atoms with Crippen molar-refractivity contribution in [3.63, 3.8) is 0 Å². The van der Waals surface area contributed by atoms with Gasteiger partial charge in [0.25, 0.3) is 0 Å². The molecule has 1 nitrogen and oxygen atoms in total. The van der Waals surface area contributed by atoms with E-state index in [-0.39, 0.29) is 0 Å². The van der Waals surface area contributed by atoms with Gasteiger partial charge in [-0.2, -0.15) is 0 Å². The fourth-order valence-electron chi connectivity index (χ4n) is 2.82. The maximum Gasteiger partial charge on any atom is 0.0550 e. The first-order valence-corrected chi connectivity index (χ1v) is 7.66. The first-order valence-electron chi connectivity index (χ1n) is 6.78. The molecule has 0 bridgehead atoms. The van der Waals surface area contributed by atoms with Gasteiger partial charge in [0.15, 0.2) is 0 Å². The fraction of sp³-hybridized carbons (Fsp3) is 0.375. The summed E-state index contributed by atoms with van der Waals surface area (Å²) in [6.07, 6.45) is 6.25. The van der Waals surface area contributed by atoms with Crippen LogP contribution in [0.5, 0.6) is 0 Å². The lowest BCUT2D eigenvalue weighted by Gasteiger charge is -2.19. The summed E-state index contributed by atoms with van der Waals surface area (Å²) in [6, 6.07) is 9.16. The molecule has 0 aliphatic heterocycles. The molecular weight excluding hydrogens is 238 g/mol. The third-order valence-electron chi connectivity index (χ3n) is 3.68.